The maximum absolute atomic E-state index is 10.8. The van der Waals surface area contributed by atoms with Gasteiger partial charge in [-0.1, -0.05) is 4.57 Å². The minimum absolute atomic E-state index is 0.435. The summed E-state index contributed by atoms with van der Waals surface area (Å²) in [6, 6.07) is 0. The second kappa shape index (κ2) is 2.97. The Morgan fingerprint density at radius 3 is 2.30 bits per heavy atom. The molecule has 1 fully saturated rings. The molecule has 1 heterocycles. The zero-order valence-electron chi connectivity index (χ0n) is 5.49. The van der Waals surface area contributed by atoms with Crippen LogP contribution in [-0.4, -0.2) is 41.5 Å². The van der Waals surface area contributed by atoms with Crippen molar-refractivity contribution < 1.29 is 14.5 Å². The first-order valence-electron chi connectivity index (χ1n) is 3.10. The van der Waals surface area contributed by atoms with E-state index in [-0.39, 0.29) is 0 Å². The molecule has 5 heteroatoms. The van der Waals surface area contributed by atoms with Crippen LogP contribution < -0.4 is 0 Å². The van der Waals surface area contributed by atoms with Gasteiger partial charge < -0.3 is 5.11 Å². The molecule has 1 aliphatic heterocycles. The standard InChI is InChI=1S/C5H8NO3P/c7-5(8)6-1-3-10(9)4-2-6/h1-4H2/p+1. The highest BCUT2D eigenvalue weighted by Crippen LogP contribution is 2.23. The molecule has 0 radical (unpaired) electrons. The molecule has 0 atom stereocenters. The van der Waals surface area contributed by atoms with Gasteiger partial charge in [0.15, 0.2) is 12.3 Å². The Hall–Kier alpha value is -0.630. The minimum atomic E-state index is -1.10. The third kappa shape index (κ3) is 1.67. The Bertz CT molecular complexity index is 160. The average molecular weight is 162 g/mol. The van der Waals surface area contributed by atoms with E-state index < -0.39 is 13.9 Å². The van der Waals surface area contributed by atoms with Gasteiger partial charge >= 0.3 is 13.9 Å². The first kappa shape index (κ1) is 7.48. The molecule has 0 spiro atoms. The summed E-state index contributed by atoms with van der Waals surface area (Å²) in [7, 11) is -1.10. The van der Waals surface area contributed by atoms with E-state index in [0.29, 0.717) is 25.4 Å². The van der Waals surface area contributed by atoms with Crippen LogP contribution in [0.3, 0.4) is 0 Å². The molecule has 56 valence electrons. The van der Waals surface area contributed by atoms with Gasteiger partial charge in [-0.15, -0.1) is 0 Å². The van der Waals surface area contributed by atoms with Crippen LogP contribution in [0.5, 0.6) is 0 Å². The maximum atomic E-state index is 10.8. The second-order valence-corrected chi connectivity index (χ2v) is 4.06. The molecule has 1 rings (SSSR count). The summed E-state index contributed by atoms with van der Waals surface area (Å²) >= 11 is 0. The van der Waals surface area contributed by atoms with Crippen LogP contribution in [0.15, 0.2) is 0 Å². The molecule has 0 aromatic rings. The Kier molecular flexibility index (Phi) is 2.22. The smallest absolute Gasteiger partial charge is 0.407 e. The molecule has 1 aliphatic rings. The van der Waals surface area contributed by atoms with Crippen LogP contribution in [0, 0.1) is 0 Å². The van der Waals surface area contributed by atoms with Crippen molar-refractivity contribution in [3.63, 3.8) is 0 Å². The zero-order valence-corrected chi connectivity index (χ0v) is 6.38. The Morgan fingerprint density at radius 2 is 1.90 bits per heavy atom. The molecular formula is C5H9NO3P+. The van der Waals surface area contributed by atoms with E-state index in [1.165, 1.54) is 4.90 Å². The Morgan fingerprint density at radius 1 is 1.40 bits per heavy atom. The highest BCUT2D eigenvalue weighted by Gasteiger charge is 2.27. The van der Waals surface area contributed by atoms with Gasteiger partial charge in [0.25, 0.3) is 0 Å². The van der Waals surface area contributed by atoms with Crippen LogP contribution in [0.25, 0.3) is 0 Å². The third-order valence-electron chi connectivity index (χ3n) is 1.51. The van der Waals surface area contributed by atoms with Gasteiger partial charge in [0, 0.05) is 0 Å². The number of carboxylic acid groups (broad SMARTS) is 1. The summed E-state index contributed by atoms with van der Waals surface area (Å²) in [6.45, 7) is 0.870. The largest absolute Gasteiger partial charge is 0.465 e. The summed E-state index contributed by atoms with van der Waals surface area (Å²) in [6.07, 6.45) is 0.159. The lowest BCUT2D eigenvalue weighted by Crippen LogP contribution is -2.36. The summed E-state index contributed by atoms with van der Waals surface area (Å²) < 4.78 is 10.8. The van der Waals surface area contributed by atoms with Gasteiger partial charge in [0.1, 0.15) is 0 Å². The van der Waals surface area contributed by atoms with E-state index >= 15 is 0 Å². The van der Waals surface area contributed by atoms with Crippen molar-refractivity contribution >= 4 is 13.9 Å². The van der Waals surface area contributed by atoms with E-state index in [2.05, 4.69) is 0 Å². The molecule has 0 aromatic carbocycles. The van der Waals surface area contributed by atoms with Crippen LogP contribution in [0.4, 0.5) is 4.79 Å². The minimum Gasteiger partial charge on any atom is -0.465 e. The summed E-state index contributed by atoms with van der Waals surface area (Å²) in [5, 5.41) is 8.46. The Balaban J connectivity index is 2.40. The topological polar surface area (TPSA) is 57.6 Å². The fourth-order valence-electron chi connectivity index (χ4n) is 0.879. The normalized spacial score (nSPS) is 19.2. The van der Waals surface area contributed by atoms with Crippen LogP contribution >= 0.6 is 7.80 Å². The fraction of sp³-hybridized carbons (Fsp3) is 0.800. The molecule has 1 saturated heterocycles. The van der Waals surface area contributed by atoms with Crippen molar-refractivity contribution in [1.82, 2.24) is 4.90 Å². The van der Waals surface area contributed by atoms with E-state index in [1.807, 2.05) is 0 Å². The molecule has 0 saturated carbocycles. The van der Waals surface area contributed by atoms with Crippen molar-refractivity contribution in [2.45, 2.75) is 0 Å². The van der Waals surface area contributed by atoms with Gasteiger partial charge in [0.05, 0.1) is 13.1 Å². The van der Waals surface area contributed by atoms with Crippen molar-refractivity contribution in [3.8, 4) is 0 Å². The summed E-state index contributed by atoms with van der Waals surface area (Å²) in [5.41, 5.74) is 0. The van der Waals surface area contributed by atoms with Gasteiger partial charge in [-0.05, 0) is 0 Å². The Labute approximate surface area is 59.6 Å². The van der Waals surface area contributed by atoms with Gasteiger partial charge in [-0.2, -0.15) is 0 Å². The molecule has 0 unspecified atom stereocenters. The third-order valence-corrected chi connectivity index (χ3v) is 2.91. The molecule has 0 aromatic heterocycles. The number of amides is 1. The average Bonchev–Trinajstić information content (AvgIpc) is 1.88. The van der Waals surface area contributed by atoms with Gasteiger partial charge in [0.2, 0.25) is 0 Å². The lowest BCUT2D eigenvalue weighted by molar-refractivity contribution is 0.149. The second-order valence-electron chi connectivity index (χ2n) is 2.20. The van der Waals surface area contributed by atoms with Gasteiger partial charge in [-0.25, -0.2) is 4.79 Å². The molecule has 4 nitrogen and oxygen atoms in total. The predicted molar refractivity (Wildman–Crippen MR) is 36.9 cm³/mol. The van der Waals surface area contributed by atoms with Crippen molar-refractivity contribution in [2.75, 3.05) is 25.4 Å². The fourth-order valence-corrected chi connectivity index (χ4v) is 2.03. The summed E-state index contributed by atoms with van der Waals surface area (Å²) in [5.74, 6) is 0. The van der Waals surface area contributed by atoms with Gasteiger partial charge in [-0.3, -0.25) is 4.90 Å². The highest BCUT2D eigenvalue weighted by molar-refractivity contribution is 7.44. The number of hydrogen-bond donors (Lipinski definition) is 1. The zero-order chi connectivity index (χ0) is 7.56. The van der Waals surface area contributed by atoms with Crippen molar-refractivity contribution in [2.24, 2.45) is 0 Å². The SMILES string of the molecule is O=C(O)N1CC[P+](=O)CC1. The molecule has 1 N–H and O–H groups in total. The monoisotopic (exact) mass is 162 g/mol. The number of hydrogen-bond acceptors (Lipinski definition) is 2. The first-order chi connectivity index (χ1) is 4.70. The number of carbonyl (C=O) groups is 1. The quantitative estimate of drug-likeness (QED) is 0.536. The lowest BCUT2D eigenvalue weighted by Gasteiger charge is -2.17. The van der Waals surface area contributed by atoms with Crippen molar-refractivity contribution in [3.05, 3.63) is 0 Å². The molecule has 0 bridgehead atoms. The van der Waals surface area contributed by atoms with Crippen molar-refractivity contribution in [1.29, 1.82) is 0 Å². The van der Waals surface area contributed by atoms with Crippen LogP contribution in [0.1, 0.15) is 0 Å². The number of rotatable bonds is 0. The molecule has 1 amide bonds. The van der Waals surface area contributed by atoms with Crippen LogP contribution in [-0.2, 0) is 4.57 Å². The molecule has 10 heavy (non-hydrogen) atoms. The first-order valence-corrected chi connectivity index (χ1v) is 4.73. The molecule has 0 aliphatic carbocycles. The van der Waals surface area contributed by atoms with E-state index in [1.54, 1.807) is 0 Å². The van der Waals surface area contributed by atoms with E-state index in [9.17, 15) is 9.36 Å². The maximum Gasteiger partial charge on any atom is 0.407 e. The van der Waals surface area contributed by atoms with E-state index in [4.69, 9.17) is 5.11 Å². The molecular weight excluding hydrogens is 153 g/mol. The number of nitrogens with zero attached hydrogens (tertiary/aromatic N) is 1. The van der Waals surface area contributed by atoms with Crippen LogP contribution in [0.2, 0.25) is 0 Å². The van der Waals surface area contributed by atoms with E-state index in [0.717, 1.165) is 0 Å². The summed E-state index contributed by atoms with van der Waals surface area (Å²) in [4.78, 5) is 11.6. The predicted octanol–water partition coefficient (Wildman–Crippen LogP) is 0.807. The highest BCUT2D eigenvalue weighted by atomic mass is 31.1. The lowest BCUT2D eigenvalue weighted by atomic mass is 10.5.